The molecule has 0 aliphatic carbocycles. The third kappa shape index (κ3) is 3.98. The Morgan fingerprint density at radius 3 is 2.21 bits per heavy atom. The van der Waals surface area contributed by atoms with Gasteiger partial charge in [-0.05, 0) is 41.7 Å². The molecule has 0 aliphatic heterocycles. The quantitative estimate of drug-likeness (QED) is 0.590. The second-order valence-corrected chi connectivity index (χ2v) is 7.83. The first-order valence-electron chi connectivity index (χ1n) is 6.35. The molecule has 0 spiro atoms. The molecule has 0 saturated heterocycles. The number of alkyl halides is 1. The van der Waals surface area contributed by atoms with Gasteiger partial charge in [-0.25, -0.2) is 0 Å². The van der Waals surface area contributed by atoms with E-state index in [1.165, 1.54) is 15.3 Å². The normalized spacial score (nSPS) is 13.5. The summed E-state index contributed by atoms with van der Waals surface area (Å²) in [4.78, 5) is 2.62. The number of benzene rings is 1. The van der Waals surface area contributed by atoms with Crippen LogP contribution in [-0.2, 0) is 11.8 Å². The molecule has 1 heterocycles. The van der Waals surface area contributed by atoms with Gasteiger partial charge in [-0.15, -0.1) is 22.9 Å². The number of rotatable bonds is 3. The van der Waals surface area contributed by atoms with Crippen LogP contribution in [0.5, 0.6) is 0 Å². The average molecular weight is 313 g/mol. The van der Waals surface area contributed by atoms with Crippen molar-refractivity contribution in [1.29, 1.82) is 0 Å². The van der Waals surface area contributed by atoms with Crippen LogP contribution < -0.4 is 0 Å². The van der Waals surface area contributed by atoms with Crippen molar-refractivity contribution >= 4 is 34.5 Å². The summed E-state index contributed by atoms with van der Waals surface area (Å²) in [6, 6.07) is 12.2. The first-order chi connectivity index (χ1) is 8.86. The lowest BCUT2D eigenvalue weighted by Crippen LogP contribution is -2.07. The van der Waals surface area contributed by atoms with Crippen LogP contribution in [0.3, 0.4) is 0 Å². The summed E-state index contributed by atoms with van der Waals surface area (Å²) in [5.41, 5.74) is 1.41. The van der Waals surface area contributed by atoms with Gasteiger partial charge >= 0.3 is 0 Å². The first kappa shape index (κ1) is 14.9. The van der Waals surface area contributed by atoms with Gasteiger partial charge in [0.1, 0.15) is 0 Å². The maximum absolute atomic E-state index is 6.52. The highest BCUT2D eigenvalue weighted by Crippen LogP contribution is 2.36. The fourth-order valence-corrected chi connectivity index (χ4v) is 3.41. The summed E-state index contributed by atoms with van der Waals surface area (Å²) in [7, 11) is 0. The Morgan fingerprint density at radius 2 is 1.68 bits per heavy atom. The first-order valence-corrected chi connectivity index (χ1v) is 7.98. The summed E-state index contributed by atoms with van der Waals surface area (Å²) >= 11 is 14.2. The van der Waals surface area contributed by atoms with Gasteiger partial charge in [0.05, 0.1) is 5.38 Å². The van der Waals surface area contributed by atoms with Gasteiger partial charge in [-0.3, -0.25) is 0 Å². The Morgan fingerprint density at radius 1 is 1.05 bits per heavy atom. The van der Waals surface area contributed by atoms with Crippen LogP contribution >= 0.6 is 34.5 Å². The molecule has 2 rings (SSSR count). The highest BCUT2D eigenvalue weighted by atomic mass is 35.5. The second-order valence-electron chi connectivity index (χ2n) is 5.75. The lowest BCUT2D eigenvalue weighted by molar-refractivity contribution is 0.604. The van der Waals surface area contributed by atoms with Crippen LogP contribution in [0.4, 0.5) is 0 Å². The van der Waals surface area contributed by atoms with Crippen LogP contribution in [0.1, 0.15) is 41.5 Å². The smallest absolute Gasteiger partial charge is 0.0718 e. The zero-order valence-corrected chi connectivity index (χ0v) is 13.7. The van der Waals surface area contributed by atoms with E-state index in [-0.39, 0.29) is 10.8 Å². The van der Waals surface area contributed by atoms with Crippen molar-refractivity contribution in [2.24, 2.45) is 0 Å². The van der Waals surface area contributed by atoms with Gasteiger partial charge in [0, 0.05) is 14.8 Å². The summed E-state index contributed by atoms with van der Waals surface area (Å²) < 4.78 is 0. The monoisotopic (exact) mass is 312 g/mol. The Labute approximate surface area is 129 Å². The number of hydrogen-bond donors (Lipinski definition) is 0. The van der Waals surface area contributed by atoms with Crippen molar-refractivity contribution in [3.63, 3.8) is 0 Å². The van der Waals surface area contributed by atoms with Crippen LogP contribution in [0.15, 0.2) is 36.4 Å². The number of halogens is 2. The third-order valence-corrected chi connectivity index (χ3v) is 5.40. The minimum atomic E-state index is 0.0299. The molecule has 1 atom stereocenters. The van der Waals surface area contributed by atoms with Crippen LogP contribution in [0.25, 0.3) is 0 Å². The molecule has 0 saturated carbocycles. The largest absolute Gasteiger partial charge is 0.143 e. The second kappa shape index (κ2) is 5.87. The van der Waals surface area contributed by atoms with E-state index >= 15 is 0 Å². The molecule has 0 aliphatic rings. The molecular weight excluding hydrogens is 295 g/mol. The molecule has 0 amide bonds. The lowest BCUT2D eigenvalue weighted by Gasteiger charge is -2.15. The topological polar surface area (TPSA) is 0 Å². The van der Waals surface area contributed by atoms with E-state index < -0.39 is 0 Å². The Hall–Kier alpha value is -0.500. The Balaban J connectivity index is 2.09. The van der Waals surface area contributed by atoms with E-state index in [4.69, 9.17) is 23.2 Å². The van der Waals surface area contributed by atoms with Gasteiger partial charge in [-0.2, -0.15) is 0 Å². The van der Waals surface area contributed by atoms with Gasteiger partial charge in [0.2, 0.25) is 0 Å². The fraction of sp³-hybridized carbons (Fsp3) is 0.375. The van der Waals surface area contributed by atoms with E-state index in [1.54, 1.807) is 0 Å². The van der Waals surface area contributed by atoms with Crippen molar-refractivity contribution in [2.45, 2.75) is 38.0 Å². The van der Waals surface area contributed by atoms with E-state index in [0.29, 0.717) is 0 Å². The molecule has 1 aromatic heterocycles. The molecule has 1 aromatic carbocycles. The van der Waals surface area contributed by atoms with Crippen molar-refractivity contribution in [2.75, 3.05) is 0 Å². The third-order valence-electron chi connectivity index (χ3n) is 3.00. The molecule has 0 bridgehead atoms. The van der Waals surface area contributed by atoms with E-state index in [9.17, 15) is 0 Å². The van der Waals surface area contributed by atoms with Crippen molar-refractivity contribution in [1.82, 2.24) is 0 Å². The van der Waals surface area contributed by atoms with E-state index in [2.05, 4.69) is 32.9 Å². The van der Waals surface area contributed by atoms with E-state index in [0.717, 1.165) is 11.4 Å². The average Bonchev–Trinajstić information content (AvgIpc) is 2.81. The predicted molar refractivity (Wildman–Crippen MR) is 86.8 cm³/mol. The molecule has 1 unspecified atom stereocenters. The predicted octanol–water partition coefficient (Wildman–Crippen LogP) is 6.22. The molecule has 0 radical (unpaired) electrons. The molecule has 19 heavy (non-hydrogen) atoms. The Bertz CT molecular complexity index is 535. The van der Waals surface area contributed by atoms with Crippen molar-refractivity contribution < 1.29 is 0 Å². The van der Waals surface area contributed by atoms with Crippen molar-refractivity contribution in [3.05, 3.63) is 56.7 Å². The summed E-state index contributed by atoms with van der Waals surface area (Å²) in [5.74, 6) is 0. The lowest BCUT2D eigenvalue weighted by atomic mass is 9.95. The molecule has 0 nitrogen and oxygen atoms in total. The van der Waals surface area contributed by atoms with Crippen LogP contribution in [0, 0.1) is 0 Å². The minimum absolute atomic E-state index is 0.0299. The van der Waals surface area contributed by atoms with Gasteiger partial charge in [-0.1, -0.05) is 44.5 Å². The molecule has 2 aromatic rings. The molecular formula is C16H18Cl2S. The highest BCUT2D eigenvalue weighted by molar-refractivity contribution is 7.12. The zero-order chi connectivity index (χ0) is 14.0. The zero-order valence-electron chi connectivity index (χ0n) is 11.4. The highest BCUT2D eigenvalue weighted by Gasteiger charge is 2.19. The summed E-state index contributed by atoms with van der Waals surface area (Å²) in [6.07, 6.45) is 0.836. The maximum atomic E-state index is 6.52. The standard InChI is InChI=1S/C16H18Cl2S/c1-16(2,3)15-9-8-14(19-15)13(18)10-11-4-6-12(17)7-5-11/h4-9,13H,10H2,1-3H3. The Kier molecular flexibility index (Phi) is 4.60. The van der Waals surface area contributed by atoms with Gasteiger partial charge in [0.15, 0.2) is 0 Å². The SMILES string of the molecule is CC(C)(C)c1ccc(C(Cl)Cc2ccc(Cl)cc2)s1. The fourth-order valence-electron chi connectivity index (χ4n) is 1.85. The summed E-state index contributed by atoms with van der Waals surface area (Å²) in [6.45, 7) is 6.68. The molecule has 3 heteroatoms. The number of thiophene rings is 1. The van der Waals surface area contributed by atoms with E-state index in [1.807, 2.05) is 35.6 Å². The summed E-state index contributed by atoms with van der Waals surface area (Å²) in [5, 5.41) is 0.795. The molecule has 102 valence electrons. The van der Waals surface area contributed by atoms with Gasteiger partial charge in [0.25, 0.3) is 0 Å². The van der Waals surface area contributed by atoms with Crippen LogP contribution in [-0.4, -0.2) is 0 Å². The minimum Gasteiger partial charge on any atom is -0.143 e. The number of hydrogen-bond acceptors (Lipinski definition) is 1. The maximum Gasteiger partial charge on any atom is 0.0718 e. The van der Waals surface area contributed by atoms with Gasteiger partial charge < -0.3 is 0 Å². The van der Waals surface area contributed by atoms with Crippen LogP contribution in [0.2, 0.25) is 5.02 Å². The molecule has 0 N–H and O–H groups in total. The van der Waals surface area contributed by atoms with Crippen molar-refractivity contribution in [3.8, 4) is 0 Å². The molecule has 0 fully saturated rings.